The number of carboxylic acids is 1. The molecule has 1 saturated heterocycles. The molecule has 0 unspecified atom stereocenters. The highest BCUT2D eigenvalue weighted by molar-refractivity contribution is 7.22. The van der Waals surface area contributed by atoms with Crippen molar-refractivity contribution in [1.29, 1.82) is 0 Å². The van der Waals surface area contributed by atoms with Crippen molar-refractivity contribution < 1.29 is 23.1 Å². The summed E-state index contributed by atoms with van der Waals surface area (Å²) in [4.78, 5) is 32.3. The number of nitrogens with zero attached hydrogens (tertiary/aromatic N) is 3. The Morgan fingerprint density at radius 2 is 1.81 bits per heavy atom. The molecule has 2 aromatic rings. The van der Waals surface area contributed by atoms with Crippen molar-refractivity contribution in [3.63, 3.8) is 0 Å². The van der Waals surface area contributed by atoms with Crippen LogP contribution in [0.1, 0.15) is 54.9 Å². The number of unbranched alkanes of at least 4 members (excludes halogenated alkanes) is 4. The number of hydrogen-bond donors (Lipinski definition) is 1. The Kier molecular flexibility index (Phi) is 7.53. The zero-order valence-corrected chi connectivity index (χ0v) is 18.2. The van der Waals surface area contributed by atoms with E-state index in [-0.39, 0.29) is 10.1 Å². The summed E-state index contributed by atoms with van der Waals surface area (Å²) in [6.45, 7) is 6.06. The Labute approximate surface area is 182 Å². The molecule has 0 saturated carbocycles. The minimum Gasteiger partial charge on any atom is -0.478 e. The molecule has 1 aromatic carbocycles. The smallest absolute Gasteiger partial charge is 0.416 e. The van der Waals surface area contributed by atoms with Gasteiger partial charge in [-0.1, -0.05) is 43.9 Å². The molecule has 170 valence electrons. The zero-order chi connectivity index (χ0) is 22.6. The standard InChI is InChI=1S/C21H26F3N3O3S/c1-2-3-4-5-6-7-26-8-10-27(11-9-26)20-25-18(28)15-12-14(21(22,23)24)13-16(19(29)30)17(15)31-20/h12-13H,2-11H2,1H3,(H,29,30). The quantitative estimate of drug-likeness (QED) is 0.590. The number of anilines is 1. The number of carboxylic acid groups (broad SMARTS) is 1. The van der Waals surface area contributed by atoms with E-state index in [2.05, 4.69) is 16.8 Å². The van der Waals surface area contributed by atoms with Crippen LogP contribution in [0.3, 0.4) is 0 Å². The number of benzene rings is 1. The second-order valence-corrected chi connectivity index (χ2v) is 8.73. The average Bonchev–Trinajstić information content (AvgIpc) is 2.72. The van der Waals surface area contributed by atoms with Gasteiger partial charge >= 0.3 is 12.1 Å². The minimum absolute atomic E-state index is 0.0221. The lowest BCUT2D eigenvalue weighted by molar-refractivity contribution is -0.137. The van der Waals surface area contributed by atoms with Crippen LogP contribution in [0.25, 0.3) is 10.1 Å². The van der Waals surface area contributed by atoms with E-state index in [9.17, 15) is 27.9 Å². The fourth-order valence-electron chi connectivity index (χ4n) is 3.72. The van der Waals surface area contributed by atoms with Gasteiger partial charge in [0.15, 0.2) is 5.13 Å². The van der Waals surface area contributed by atoms with Gasteiger partial charge in [0, 0.05) is 26.2 Å². The molecule has 6 nitrogen and oxygen atoms in total. The van der Waals surface area contributed by atoms with Crippen LogP contribution < -0.4 is 10.5 Å². The van der Waals surface area contributed by atoms with Gasteiger partial charge in [0.1, 0.15) is 0 Å². The van der Waals surface area contributed by atoms with Crippen molar-refractivity contribution in [2.24, 2.45) is 0 Å². The topological polar surface area (TPSA) is 73.7 Å². The number of aromatic carboxylic acids is 1. The van der Waals surface area contributed by atoms with Gasteiger partial charge in [-0.05, 0) is 25.1 Å². The lowest BCUT2D eigenvalue weighted by Crippen LogP contribution is -2.47. The second-order valence-electron chi connectivity index (χ2n) is 7.75. The number of piperazine rings is 1. The average molecular weight is 458 g/mol. The van der Waals surface area contributed by atoms with Gasteiger partial charge in [0.2, 0.25) is 0 Å². The third-order valence-electron chi connectivity index (χ3n) is 5.49. The molecule has 0 atom stereocenters. The number of hydrogen-bond acceptors (Lipinski definition) is 6. The summed E-state index contributed by atoms with van der Waals surface area (Å²) >= 11 is 0.958. The first-order valence-corrected chi connectivity index (χ1v) is 11.3. The minimum atomic E-state index is -4.75. The second kappa shape index (κ2) is 9.95. The zero-order valence-electron chi connectivity index (χ0n) is 17.4. The molecule has 10 heteroatoms. The normalized spacial score (nSPS) is 15.5. The molecule has 1 aliphatic rings. The maximum absolute atomic E-state index is 13.1. The number of carbonyl (C=O) groups is 1. The molecule has 0 aliphatic carbocycles. The Balaban J connectivity index is 1.78. The summed E-state index contributed by atoms with van der Waals surface area (Å²) in [6.07, 6.45) is 1.31. The van der Waals surface area contributed by atoms with Crippen molar-refractivity contribution >= 4 is 32.5 Å². The van der Waals surface area contributed by atoms with E-state index >= 15 is 0 Å². The van der Waals surface area contributed by atoms with Crippen molar-refractivity contribution in [3.8, 4) is 0 Å². The molecule has 1 fully saturated rings. The number of rotatable bonds is 8. The Hall–Kier alpha value is -2.20. The van der Waals surface area contributed by atoms with E-state index in [0.717, 1.165) is 37.4 Å². The van der Waals surface area contributed by atoms with Crippen LogP contribution in [0, 0.1) is 0 Å². The predicted molar refractivity (Wildman–Crippen MR) is 115 cm³/mol. The lowest BCUT2D eigenvalue weighted by atomic mass is 10.1. The predicted octanol–water partition coefficient (Wildman–Crippen LogP) is 4.47. The van der Waals surface area contributed by atoms with E-state index in [4.69, 9.17) is 0 Å². The highest BCUT2D eigenvalue weighted by Gasteiger charge is 2.33. The molecule has 1 aromatic heterocycles. The van der Waals surface area contributed by atoms with Gasteiger partial charge in [-0.2, -0.15) is 18.2 Å². The number of alkyl halides is 3. The Bertz CT molecular complexity index is 985. The first kappa shape index (κ1) is 23.5. The molecule has 1 aliphatic heterocycles. The number of halogens is 3. The van der Waals surface area contributed by atoms with Crippen molar-refractivity contribution in [2.75, 3.05) is 37.6 Å². The highest BCUT2D eigenvalue weighted by Crippen LogP contribution is 2.35. The summed E-state index contributed by atoms with van der Waals surface area (Å²) in [6, 6.07) is 1.27. The molecular weight excluding hydrogens is 431 g/mol. The molecule has 0 radical (unpaired) electrons. The Morgan fingerprint density at radius 1 is 1.13 bits per heavy atom. The van der Waals surface area contributed by atoms with Gasteiger partial charge in [-0.3, -0.25) is 9.69 Å². The van der Waals surface area contributed by atoms with E-state index in [1.807, 2.05) is 4.90 Å². The summed E-state index contributed by atoms with van der Waals surface area (Å²) in [5.74, 6) is -1.50. The van der Waals surface area contributed by atoms with Crippen LogP contribution in [0.15, 0.2) is 16.9 Å². The SMILES string of the molecule is CCCCCCCN1CCN(c2nc(=O)c3cc(C(F)(F)F)cc(C(=O)O)c3s2)CC1. The first-order valence-electron chi connectivity index (χ1n) is 10.5. The van der Waals surface area contributed by atoms with Gasteiger partial charge in [-0.25, -0.2) is 4.79 Å². The fraction of sp³-hybridized carbons (Fsp3) is 0.571. The van der Waals surface area contributed by atoms with Gasteiger partial charge in [0.05, 0.1) is 21.2 Å². The van der Waals surface area contributed by atoms with Crippen molar-refractivity contribution in [1.82, 2.24) is 9.88 Å². The van der Waals surface area contributed by atoms with Gasteiger partial charge in [0.25, 0.3) is 5.56 Å². The molecule has 1 N–H and O–H groups in total. The van der Waals surface area contributed by atoms with Crippen LogP contribution in [-0.4, -0.2) is 53.7 Å². The molecule has 0 bridgehead atoms. The van der Waals surface area contributed by atoms with Crippen LogP contribution in [0.5, 0.6) is 0 Å². The third kappa shape index (κ3) is 5.74. The first-order chi connectivity index (χ1) is 14.7. The van der Waals surface area contributed by atoms with E-state index in [0.29, 0.717) is 30.4 Å². The summed E-state index contributed by atoms with van der Waals surface area (Å²) in [5.41, 5.74) is -2.53. The van der Waals surface area contributed by atoms with Crippen LogP contribution in [0.4, 0.5) is 18.3 Å². The highest BCUT2D eigenvalue weighted by atomic mass is 32.1. The maximum Gasteiger partial charge on any atom is 0.416 e. The molecule has 31 heavy (non-hydrogen) atoms. The molecular formula is C21H26F3N3O3S. The van der Waals surface area contributed by atoms with Crippen molar-refractivity contribution in [2.45, 2.75) is 45.2 Å². The summed E-state index contributed by atoms with van der Waals surface area (Å²) < 4.78 is 39.4. The van der Waals surface area contributed by atoms with Gasteiger partial charge in [-0.15, -0.1) is 0 Å². The largest absolute Gasteiger partial charge is 0.478 e. The number of fused-ring (bicyclic) bond motifs is 1. The van der Waals surface area contributed by atoms with E-state index < -0.39 is 28.8 Å². The number of aromatic nitrogens is 1. The van der Waals surface area contributed by atoms with E-state index in [1.165, 1.54) is 25.7 Å². The molecule has 0 amide bonds. The lowest BCUT2D eigenvalue weighted by Gasteiger charge is -2.35. The maximum atomic E-state index is 13.1. The Morgan fingerprint density at radius 3 is 2.42 bits per heavy atom. The van der Waals surface area contributed by atoms with E-state index in [1.54, 1.807) is 0 Å². The summed E-state index contributed by atoms with van der Waals surface area (Å²) in [7, 11) is 0. The molecule has 0 spiro atoms. The van der Waals surface area contributed by atoms with Crippen LogP contribution in [-0.2, 0) is 6.18 Å². The molecule has 2 heterocycles. The van der Waals surface area contributed by atoms with Gasteiger partial charge < -0.3 is 10.0 Å². The molecule has 3 rings (SSSR count). The monoisotopic (exact) mass is 457 g/mol. The summed E-state index contributed by atoms with van der Waals surface area (Å²) in [5, 5.41) is 9.47. The van der Waals surface area contributed by atoms with Crippen LogP contribution in [0.2, 0.25) is 0 Å². The van der Waals surface area contributed by atoms with Crippen LogP contribution >= 0.6 is 11.3 Å². The fourth-order valence-corrected chi connectivity index (χ4v) is 4.85. The van der Waals surface area contributed by atoms with Crippen molar-refractivity contribution in [3.05, 3.63) is 33.6 Å². The third-order valence-corrected chi connectivity index (χ3v) is 6.66.